The minimum Gasteiger partial charge on any atom is -0.381 e. The van der Waals surface area contributed by atoms with Crippen molar-refractivity contribution in [3.05, 3.63) is 0 Å². The first kappa shape index (κ1) is 20.4. The minimum atomic E-state index is -0.926. The molecule has 0 spiro atoms. The molecule has 0 saturated heterocycles. The van der Waals surface area contributed by atoms with Crippen molar-refractivity contribution < 1.29 is 15.0 Å². The van der Waals surface area contributed by atoms with Gasteiger partial charge in [-0.15, -0.1) is 0 Å². The van der Waals surface area contributed by atoms with E-state index in [4.69, 9.17) is 0 Å². The van der Waals surface area contributed by atoms with Crippen LogP contribution in [0.5, 0.6) is 0 Å². The predicted octanol–water partition coefficient (Wildman–Crippen LogP) is 4.35. The normalized spacial score (nSPS) is 51.1. The average molecular weight is 387 g/mol. The SMILES string of the molecule is CC(=O)[C@H]1CC[C@H]2[C@@H]3CC[C@H]4C[C@@](O)(C#CC(C)O)CC[C@]4(C)[C@H]3CC[C@]12C. The van der Waals surface area contributed by atoms with Crippen LogP contribution in [0.2, 0.25) is 0 Å². The molecule has 3 nitrogen and oxygen atoms in total. The molecule has 2 N–H and O–H groups in total. The summed E-state index contributed by atoms with van der Waals surface area (Å²) in [6, 6.07) is 0. The highest BCUT2D eigenvalue weighted by molar-refractivity contribution is 5.79. The first-order valence-electron chi connectivity index (χ1n) is 11.5. The summed E-state index contributed by atoms with van der Waals surface area (Å²) < 4.78 is 0. The highest BCUT2D eigenvalue weighted by Gasteiger charge is 2.61. The summed E-state index contributed by atoms with van der Waals surface area (Å²) in [5, 5.41) is 20.5. The van der Waals surface area contributed by atoms with Crippen LogP contribution in [-0.4, -0.2) is 27.7 Å². The first-order valence-corrected chi connectivity index (χ1v) is 11.5. The van der Waals surface area contributed by atoms with E-state index in [0.29, 0.717) is 17.6 Å². The van der Waals surface area contributed by atoms with Gasteiger partial charge >= 0.3 is 0 Å². The summed E-state index contributed by atoms with van der Waals surface area (Å²) in [5.41, 5.74) is -0.421. The Balaban J connectivity index is 1.55. The summed E-state index contributed by atoms with van der Waals surface area (Å²) in [7, 11) is 0. The topological polar surface area (TPSA) is 57.5 Å². The standard InChI is InChI=1S/C25H38O3/c1-16(26)9-12-25(28)14-13-23(3)18(15-25)5-6-19-21-8-7-20(17(2)27)24(21,4)11-10-22(19)23/h16,18-22,26,28H,5-8,10-11,13-15H2,1-4H3/t16?,18-,19-,20+,21-,22-,23-,24+,25+/m0/s1. The zero-order chi connectivity index (χ0) is 20.3. The van der Waals surface area contributed by atoms with Crippen molar-refractivity contribution in [2.75, 3.05) is 0 Å². The Labute approximate surface area is 170 Å². The fourth-order valence-corrected chi connectivity index (χ4v) is 8.27. The van der Waals surface area contributed by atoms with Crippen molar-refractivity contribution in [1.29, 1.82) is 0 Å². The van der Waals surface area contributed by atoms with Crippen LogP contribution in [0.3, 0.4) is 0 Å². The first-order chi connectivity index (χ1) is 13.1. The van der Waals surface area contributed by atoms with E-state index >= 15 is 0 Å². The van der Waals surface area contributed by atoms with Gasteiger partial charge in [0.05, 0.1) is 0 Å². The van der Waals surface area contributed by atoms with Gasteiger partial charge in [-0.2, -0.15) is 0 Å². The predicted molar refractivity (Wildman–Crippen MR) is 110 cm³/mol. The molecule has 0 bridgehead atoms. The summed E-state index contributed by atoms with van der Waals surface area (Å²) in [6.07, 6.45) is 9.00. The number of hydrogen-bond donors (Lipinski definition) is 2. The maximum absolute atomic E-state index is 12.3. The number of carbonyl (C=O) groups excluding carboxylic acids is 1. The van der Waals surface area contributed by atoms with Gasteiger partial charge < -0.3 is 10.2 Å². The lowest BCUT2D eigenvalue weighted by Crippen LogP contribution is -2.56. The van der Waals surface area contributed by atoms with E-state index in [2.05, 4.69) is 25.7 Å². The molecule has 9 atom stereocenters. The van der Waals surface area contributed by atoms with Crippen molar-refractivity contribution in [2.24, 2.45) is 40.4 Å². The van der Waals surface area contributed by atoms with Crippen LogP contribution >= 0.6 is 0 Å². The Bertz CT molecular complexity index is 702. The van der Waals surface area contributed by atoms with Crippen LogP contribution in [0.4, 0.5) is 0 Å². The number of ketones is 1. The van der Waals surface area contributed by atoms with Gasteiger partial charge in [0.2, 0.25) is 0 Å². The van der Waals surface area contributed by atoms with E-state index < -0.39 is 11.7 Å². The average Bonchev–Trinajstić information content (AvgIpc) is 2.98. The molecule has 0 aromatic heterocycles. The van der Waals surface area contributed by atoms with Crippen LogP contribution in [0.15, 0.2) is 0 Å². The van der Waals surface area contributed by atoms with Crippen LogP contribution in [0.1, 0.15) is 85.5 Å². The second-order valence-electron chi connectivity index (χ2n) is 11.1. The van der Waals surface area contributed by atoms with Crippen molar-refractivity contribution in [3.63, 3.8) is 0 Å². The Morgan fingerprint density at radius 2 is 1.71 bits per heavy atom. The highest BCUT2D eigenvalue weighted by Crippen LogP contribution is 2.68. The van der Waals surface area contributed by atoms with Gasteiger partial charge in [0, 0.05) is 5.92 Å². The number of hydrogen-bond acceptors (Lipinski definition) is 3. The Kier molecular flexibility index (Phi) is 4.99. The second-order valence-corrected chi connectivity index (χ2v) is 11.1. The molecule has 156 valence electrons. The van der Waals surface area contributed by atoms with Crippen LogP contribution in [0, 0.1) is 52.3 Å². The van der Waals surface area contributed by atoms with Gasteiger partial charge in [-0.1, -0.05) is 25.7 Å². The third-order valence-electron chi connectivity index (χ3n) is 9.73. The molecule has 4 aliphatic carbocycles. The number of carbonyl (C=O) groups is 1. The Morgan fingerprint density at radius 1 is 1.00 bits per heavy atom. The van der Waals surface area contributed by atoms with Gasteiger partial charge in [0.15, 0.2) is 0 Å². The number of aliphatic hydroxyl groups is 2. The largest absolute Gasteiger partial charge is 0.381 e. The van der Waals surface area contributed by atoms with E-state index in [9.17, 15) is 15.0 Å². The van der Waals surface area contributed by atoms with Crippen molar-refractivity contribution in [3.8, 4) is 11.8 Å². The molecule has 0 aromatic carbocycles. The zero-order valence-electron chi connectivity index (χ0n) is 18.1. The number of Topliss-reactive ketones (excluding diaryl/α,β-unsaturated/α-hetero) is 1. The summed E-state index contributed by atoms with van der Waals surface area (Å²) in [6.45, 7) is 8.35. The lowest BCUT2D eigenvalue weighted by Gasteiger charge is -2.61. The highest BCUT2D eigenvalue weighted by atomic mass is 16.3. The molecule has 4 aliphatic rings. The number of fused-ring (bicyclic) bond motifs is 5. The second kappa shape index (κ2) is 6.85. The Morgan fingerprint density at radius 3 is 2.39 bits per heavy atom. The van der Waals surface area contributed by atoms with Crippen LogP contribution in [0.25, 0.3) is 0 Å². The number of aliphatic hydroxyl groups excluding tert-OH is 1. The molecule has 4 fully saturated rings. The molecule has 4 rings (SSSR count). The van der Waals surface area contributed by atoms with Gasteiger partial charge in [-0.25, -0.2) is 0 Å². The van der Waals surface area contributed by atoms with Gasteiger partial charge in [-0.3, -0.25) is 4.79 Å². The molecule has 0 radical (unpaired) electrons. The monoisotopic (exact) mass is 386 g/mol. The van der Waals surface area contributed by atoms with E-state index in [0.717, 1.165) is 37.5 Å². The quantitative estimate of drug-likeness (QED) is 0.659. The third-order valence-corrected chi connectivity index (χ3v) is 9.73. The summed E-state index contributed by atoms with van der Waals surface area (Å²) >= 11 is 0. The third kappa shape index (κ3) is 3.07. The zero-order valence-corrected chi connectivity index (χ0v) is 18.1. The lowest BCUT2D eigenvalue weighted by atomic mass is 9.44. The summed E-state index contributed by atoms with van der Waals surface area (Å²) in [5.74, 6) is 9.17. The summed E-state index contributed by atoms with van der Waals surface area (Å²) in [4.78, 5) is 12.3. The van der Waals surface area contributed by atoms with Crippen molar-refractivity contribution >= 4 is 5.78 Å². The molecule has 1 unspecified atom stereocenters. The molecule has 0 aliphatic heterocycles. The molecule has 0 aromatic rings. The lowest BCUT2D eigenvalue weighted by molar-refractivity contribution is -0.144. The fraction of sp³-hybridized carbons (Fsp3) is 0.880. The molecule has 0 heterocycles. The smallest absolute Gasteiger partial charge is 0.133 e. The van der Waals surface area contributed by atoms with E-state index in [1.54, 1.807) is 13.8 Å². The van der Waals surface area contributed by atoms with Gasteiger partial charge in [-0.05, 0) is 106 Å². The fourth-order valence-electron chi connectivity index (χ4n) is 8.27. The van der Waals surface area contributed by atoms with Gasteiger partial charge in [0.1, 0.15) is 17.5 Å². The molecule has 3 heteroatoms. The minimum absolute atomic E-state index is 0.217. The molecule has 4 saturated carbocycles. The Hall–Kier alpha value is -0.850. The molecule has 0 amide bonds. The van der Waals surface area contributed by atoms with Crippen molar-refractivity contribution in [1.82, 2.24) is 0 Å². The van der Waals surface area contributed by atoms with E-state index in [1.807, 2.05) is 0 Å². The van der Waals surface area contributed by atoms with Crippen LogP contribution < -0.4 is 0 Å². The maximum Gasteiger partial charge on any atom is 0.133 e. The van der Waals surface area contributed by atoms with E-state index in [1.165, 1.54) is 32.1 Å². The van der Waals surface area contributed by atoms with Crippen molar-refractivity contribution in [2.45, 2.75) is 97.2 Å². The molecule has 28 heavy (non-hydrogen) atoms. The molecular formula is C25H38O3. The van der Waals surface area contributed by atoms with Crippen LogP contribution in [-0.2, 0) is 4.79 Å². The van der Waals surface area contributed by atoms with E-state index in [-0.39, 0.29) is 16.7 Å². The maximum atomic E-state index is 12.3. The molecular weight excluding hydrogens is 348 g/mol. The number of rotatable bonds is 1. The van der Waals surface area contributed by atoms with Gasteiger partial charge in [0.25, 0.3) is 0 Å².